The highest BCUT2D eigenvalue weighted by Crippen LogP contribution is 2.25. The molecule has 26 heavy (non-hydrogen) atoms. The van der Waals surface area contributed by atoms with Gasteiger partial charge in [-0.25, -0.2) is 15.0 Å². The van der Waals surface area contributed by atoms with Crippen LogP contribution in [0, 0.1) is 20.8 Å². The minimum Gasteiger partial charge on any atom is -0.356 e. The second kappa shape index (κ2) is 6.55. The van der Waals surface area contributed by atoms with Crippen LogP contribution >= 0.6 is 0 Å². The summed E-state index contributed by atoms with van der Waals surface area (Å²) in [5.74, 6) is 1.94. The topological polar surface area (TPSA) is 62.5 Å². The lowest BCUT2D eigenvalue weighted by Crippen LogP contribution is -2.44. The molecule has 3 aromatic heterocycles. The molecule has 4 heterocycles. The number of fused-ring (bicyclic) bond motifs is 1. The molecule has 1 saturated heterocycles. The Hall–Kier alpha value is -2.70. The number of rotatable bonds is 3. The predicted octanol–water partition coefficient (Wildman–Crippen LogP) is 2.55. The van der Waals surface area contributed by atoms with Gasteiger partial charge in [-0.2, -0.15) is 9.61 Å². The molecule has 0 spiro atoms. The Morgan fingerprint density at radius 2 is 1.69 bits per heavy atom. The second-order valence-corrected chi connectivity index (χ2v) is 7.20. The van der Waals surface area contributed by atoms with E-state index in [1.165, 1.54) is 0 Å². The third-order valence-corrected chi connectivity index (χ3v) is 5.08. The highest BCUT2D eigenvalue weighted by atomic mass is 15.4. The number of hydrogen-bond acceptors (Lipinski definition) is 6. The summed E-state index contributed by atoms with van der Waals surface area (Å²) < 4.78 is 1.97. The fraction of sp³-hybridized carbons (Fsp3) is 0.474. The standard InChI is InChI=1S/C19H25N7/c1-13-11-20-19(21-12-13)24(4)16-5-7-25(8-6-16)18-10-14(2)22-17-9-15(3)23-26(17)18/h9-12,16H,5-8H2,1-4H3. The van der Waals surface area contributed by atoms with Gasteiger partial charge in [0.25, 0.3) is 0 Å². The molecule has 0 bridgehead atoms. The van der Waals surface area contributed by atoms with E-state index in [0.29, 0.717) is 6.04 Å². The van der Waals surface area contributed by atoms with E-state index in [0.717, 1.165) is 60.3 Å². The summed E-state index contributed by atoms with van der Waals surface area (Å²) in [5, 5.41) is 4.62. The van der Waals surface area contributed by atoms with Crippen LogP contribution in [0.25, 0.3) is 5.65 Å². The zero-order valence-corrected chi connectivity index (χ0v) is 15.8. The van der Waals surface area contributed by atoms with E-state index in [1.54, 1.807) is 0 Å². The molecule has 7 nitrogen and oxygen atoms in total. The van der Waals surface area contributed by atoms with Crippen LogP contribution < -0.4 is 9.80 Å². The van der Waals surface area contributed by atoms with Crippen LogP contribution in [-0.2, 0) is 0 Å². The van der Waals surface area contributed by atoms with Crippen LogP contribution in [0.4, 0.5) is 11.8 Å². The van der Waals surface area contributed by atoms with Gasteiger partial charge in [-0.05, 0) is 39.2 Å². The van der Waals surface area contributed by atoms with E-state index >= 15 is 0 Å². The average molecular weight is 351 g/mol. The molecule has 0 radical (unpaired) electrons. The van der Waals surface area contributed by atoms with Gasteiger partial charge in [0, 0.05) is 56.4 Å². The predicted molar refractivity (Wildman–Crippen MR) is 103 cm³/mol. The first kappa shape index (κ1) is 16.8. The number of nitrogens with zero attached hydrogens (tertiary/aromatic N) is 7. The molecular formula is C19H25N7. The lowest BCUT2D eigenvalue weighted by Gasteiger charge is -2.37. The van der Waals surface area contributed by atoms with Crippen molar-refractivity contribution in [2.45, 2.75) is 39.7 Å². The fourth-order valence-electron chi connectivity index (χ4n) is 3.63. The molecule has 0 saturated carbocycles. The lowest BCUT2D eigenvalue weighted by atomic mass is 10.0. The van der Waals surface area contributed by atoms with Crippen LogP contribution in [-0.4, -0.2) is 50.7 Å². The van der Waals surface area contributed by atoms with E-state index in [2.05, 4.69) is 43.0 Å². The molecule has 1 aliphatic rings. The van der Waals surface area contributed by atoms with Gasteiger partial charge in [-0.3, -0.25) is 0 Å². The molecule has 7 heteroatoms. The smallest absolute Gasteiger partial charge is 0.225 e. The van der Waals surface area contributed by atoms with E-state index < -0.39 is 0 Å². The van der Waals surface area contributed by atoms with Gasteiger partial charge in [0.2, 0.25) is 5.95 Å². The van der Waals surface area contributed by atoms with Crippen molar-refractivity contribution in [3.63, 3.8) is 0 Å². The van der Waals surface area contributed by atoms with Gasteiger partial charge in [0.1, 0.15) is 5.82 Å². The highest BCUT2D eigenvalue weighted by Gasteiger charge is 2.25. The highest BCUT2D eigenvalue weighted by molar-refractivity contribution is 5.52. The van der Waals surface area contributed by atoms with Crippen molar-refractivity contribution in [1.82, 2.24) is 24.6 Å². The molecule has 0 atom stereocenters. The summed E-state index contributed by atoms with van der Waals surface area (Å²) in [7, 11) is 2.09. The third kappa shape index (κ3) is 3.09. The summed E-state index contributed by atoms with van der Waals surface area (Å²) in [5.41, 5.74) is 4.03. The zero-order chi connectivity index (χ0) is 18.3. The molecule has 1 aliphatic heterocycles. The van der Waals surface area contributed by atoms with Gasteiger partial charge in [0.15, 0.2) is 5.65 Å². The SMILES string of the molecule is Cc1cnc(N(C)C2CCN(c3cc(C)nc4cc(C)nn34)CC2)nc1. The quantitative estimate of drug-likeness (QED) is 0.723. The first-order chi connectivity index (χ1) is 12.5. The maximum absolute atomic E-state index is 4.62. The number of hydrogen-bond donors (Lipinski definition) is 0. The van der Waals surface area contributed by atoms with Gasteiger partial charge in [-0.1, -0.05) is 0 Å². The summed E-state index contributed by atoms with van der Waals surface area (Å²) in [6.07, 6.45) is 5.89. The van der Waals surface area contributed by atoms with Crippen molar-refractivity contribution in [2.24, 2.45) is 0 Å². The lowest BCUT2D eigenvalue weighted by molar-refractivity contribution is 0.473. The van der Waals surface area contributed by atoms with Gasteiger partial charge < -0.3 is 9.80 Å². The van der Waals surface area contributed by atoms with Crippen molar-refractivity contribution in [3.8, 4) is 0 Å². The Kier molecular flexibility index (Phi) is 4.22. The van der Waals surface area contributed by atoms with Crippen LogP contribution in [0.1, 0.15) is 29.8 Å². The number of aryl methyl sites for hydroxylation is 3. The molecule has 0 aliphatic carbocycles. The largest absolute Gasteiger partial charge is 0.356 e. The Bertz CT molecular complexity index is 908. The van der Waals surface area contributed by atoms with Gasteiger partial charge in [-0.15, -0.1) is 0 Å². The van der Waals surface area contributed by atoms with E-state index in [4.69, 9.17) is 0 Å². The van der Waals surface area contributed by atoms with Crippen molar-refractivity contribution in [1.29, 1.82) is 0 Å². The molecule has 3 aromatic rings. The third-order valence-electron chi connectivity index (χ3n) is 5.08. The molecule has 4 rings (SSSR count). The van der Waals surface area contributed by atoms with Crippen LogP contribution in [0.15, 0.2) is 24.5 Å². The number of piperidine rings is 1. The Morgan fingerprint density at radius 3 is 2.38 bits per heavy atom. The van der Waals surface area contributed by atoms with Crippen molar-refractivity contribution >= 4 is 17.4 Å². The Labute approximate surface area is 153 Å². The Morgan fingerprint density at radius 1 is 1.00 bits per heavy atom. The maximum atomic E-state index is 4.62. The normalized spacial score (nSPS) is 15.6. The number of aromatic nitrogens is 5. The molecule has 0 N–H and O–H groups in total. The molecule has 1 fully saturated rings. The van der Waals surface area contributed by atoms with Crippen molar-refractivity contribution < 1.29 is 0 Å². The minimum atomic E-state index is 0.451. The first-order valence-corrected chi connectivity index (χ1v) is 9.12. The molecular weight excluding hydrogens is 326 g/mol. The molecule has 0 amide bonds. The van der Waals surface area contributed by atoms with Crippen molar-refractivity contribution in [2.75, 3.05) is 29.9 Å². The zero-order valence-electron chi connectivity index (χ0n) is 15.8. The molecule has 0 unspecified atom stereocenters. The van der Waals surface area contributed by atoms with E-state index in [1.807, 2.05) is 43.7 Å². The average Bonchev–Trinajstić information content (AvgIpc) is 3.01. The van der Waals surface area contributed by atoms with Gasteiger partial charge >= 0.3 is 0 Å². The van der Waals surface area contributed by atoms with Crippen LogP contribution in [0.3, 0.4) is 0 Å². The minimum absolute atomic E-state index is 0.451. The van der Waals surface area contributed by atoms with Gasteiger partial charge in [0.05, 0.1) is 5.69 Å². The fourth-order valence-corrected chi connectivity index (χ4v) is 3.63. The van der Waals surface area contributed by atoms with Crippen molar-refractivity contribution in [3.05, 3.63) is 41.5 Å². The summed E-state index contributed by atoms with van der Waals surface area (Å²) in [6, 6.07) is 4.62. The van der Waals surface area contributed by atoms with E-state index in [-0.39, 0.29) is 0 Å². The first-order valence-electron chi connectivity index (χ1n) is 9.12. The van der Waals surface area contributed by atoms with Crippen LogP contribution in [0.5, 0.6) is 0 Å². The maximum Gasteiger partial charge on any atom is 0.225 e. The number of anilines is 2. The monoisotopic (exact) mass is 351 g/mol. The van der Waals surface area contributed by atoms with E-state index in [9.17, 15) is 0 Å². The second-order valence-electron chi connectivity index (χ2n) is 7.20. The van der Waals surface area contributed by atoms with Crippen LogP contribution in [0.2, 0.25) is 0 Å². The Balaban J connectivity index is 1.51. The molecule has 136 valence electrons. The summed E-state index contributed by atoms with van der Waals surface area (Å²) in [4.78, 5) is 18.1. The molecule has 0 aromatic carbocycles. The summed E-state index contributed by atoms with van der Waals surface area (Å²) in [6.45, 7) is 8.03. The summed E-state index contributed by atoms with van der Waals surface area (Å²) >= 11 is 0.